The Balaban J connectivity index is 2.37. The van der Waals surface area contributed by atoms with Crippen molar-refractivity contribution in [3.05, 3.63) is 35.9 Å². The molecule has 20 heavy (non-hydrogen) atoms. The van der Waals surface area contributed by atoms with E-state index < -0.39 is 16.8 Å². The van der Waals surface area contributed by atoms with Crippen molar-refractivity contribution in [1.29, 1.82) is 0 Å². The Kier molecular flexibility index (Phi) is 3.72. The van der Waals surface area contributed by atoms with E-state index in [0.29, 0.717) is 5.56 Å². The van der Waals surface area contributed by atoms with Crippen LogP contribution in [0.1, 0.15) is 19.4 Å². The topological polar surface area (TPSA) is 47.9 Å². The molecule has 1 aromatic carbocycles. The largest absolute Gasteiger partial charge is 0.489 e. The molecule has 0 amide bonds. The minimum Gasteiger partial charge on any atom is -0.489 e. The van der Waals surface area contributed by atoms with Gasteiger partial charge in [0.25, 0.3) is 0 Å². The van der Waals surface area contributed by atoms with Crippen LogP contribution in [-0.2, 0) is 14.3 Å². The highest BCUT2D eigenvalue weighted by atomic mass is 16.6. The lowest BCUT2D eigenvalue weighted by Crippen LogP contribution is -2.59. The monoisotopic (exact) mass is 263 g/mol. The van der Waals surface area contributed by atoms with Gasteiger partial charge in [0, 0.05) is 5.56 Å². The molecule has 1 aliphatic rings. The lowest BCUT2D eigenvalue weighted by atomic mass is 9.48. The zero-order chi connectivity index (χ0) is 15.0. The Morgan fingerprint density at radius 3 is 2.40 bits per heavy atom. The van der Waals surface area contributed by atoms with Crippen LogP contribution >= 0.6 is 0 Å². The van der Waals surface area contributed by atoms with Gasteiger partial charge in [-0.2, -0.15) is 0 Å². The molecular weight excluding hydrogens is 251 g/mol. The van der Waals surface area contributed by atoms with Crippen LogP contribution in [0.4, 0.5) is 0 Å². The van der Waals surface area contributed by atoms with Crippen molar-refractivity contribution in [1.82, 2.24) is 0 Å². The number of rotatable bonds is 3. The summed E-state index contributed by atoms with van der Waals surface area (Å²) >= 11 is 0. The van der Waals surface area contributed by atoms with Crippen molar-refractivity contribution in [2.75, 3.05) is 0 Å². The molecule has 1 aromatic rings. The first-order valence-electron chi connectivity index (χ1n) is 6.18. The Bertz CT molecular complexity index is 545. The molecule has 1 atom stereocenters. The lowest BCUT2D eigenvalue weighted by Gasteiger charge is -2.34. The molecule has 0 bridgehead atoms. The zero-order valence-corrected chi connectivity index (χ0v) is 11.4. The van der Waals surface area contributed by atoms with Gasteiger partial charge in [-0.3, -0.25) is 4.79 Å². The number of benzene rings is 1. The van der Waals surface area contributed by atoms with Crippen LogP contribution in [0.3, 0.4) is 0 Å². The standard InChI is InChI=1S/C13H12B3NO3/c1-8(2)19-11(18)12(14)13(15,16)20-10(17-12)9-6-4-3-5-7-9/h3-8H,1-2H3/t12-/m0/s1. The van der Waals surface area contributed by atoms with Crippen LogP contribution in [0.25, 0.3) is 0 Å². The molecule has 1 aliphatic heterocycles. The highest BCUT2D eigenvalue weighted by Gasteiger charge is 2.53. The van der Waals surface area contributed by atoms with E-state index in [2.05, 4.69) is 4.99 Å². The first kappa shape index (κ1) is 14.8. The summed E-state index contributed by atoms with van der Waals surface area (Å²) in [6.45, 7) is 3.38. The number of ether oxygens (including phenoxy) is 2. The minimum absolute atomic E-state index is 0.110. The van der Waals surface area contributed by atoms with Gasteiger partial charge in [-0.15, -0.1) is 0 Å². The van der Waals surface area contributed by atoms with Crippen LogP contribution in [0.15, 0.2) is 35.3 Å². The first-order valence-corrected chi connectivity index (χ1v) is 6.18. The first-order chi connectivity index (χ1) is 9.26. The molecule has 0 N–H and O–H groups in total. The van der Waals surface area contributed by atoms with E-state index in [1.807, 2.05) is 6.07 Å². The van der Waals surface area contributed by atoms with Crippen molar-refractivity contribution >= 4 is 35.4 Å². The number of carbonyl (C=O) groups excluding carboxylic acids is 1. The van der Waals surface area contributed by atoms with Crippen molar-refractivity contribution in [3.8, 4) is 0 Å². The molecule has 0 fully saturated rings. The quantitative estimate of drug-likeness (QED) is 0.580. The van der Waals surface area contributed by atoms with Gasteiger partial charge in [-0.05, 0) is 26.0 Å². The fourth-order valence-corrected chi connectivity index (χ4v) is 1.72. The molecule has 6 radical (unpaired) electrons. The summed E-state index contributed by atoms with van der Waals surface area (Å²) in [6.07, 6.45) is -0.366. The maximum Gasteiger partial charge on any atom is 0.327 e. The van der Waals surface area contributed by atoms with Gasteiger partial charge in [-0.25, -0.2) is 4.99 Å². The lowest BCUT2D eigenvalue weighted by molar-refractivity contribution is -0.152. The van der Waals surface area contributed by atoms with Crippen LogP contribution in [0.5, 0.6) is 0 Å². The number of aliphatic imine (C=N–C) groups is 1. The second-order valence-electron chi connectivity index (χ2n) is 4.90. The molecule has 0 aliphatic carbocycles. The average Bonchev–Trinajstić information content (AvgIpc) is 2.62. The van der Waals surface area contributed by atoms with Crippen LogP contribution in [0.2, 0.25) is 0 Å². The molecule has 0 saturated carbocycles. The fraction of sp³-hybridized carbons (Fsp3) is 0.385. The molecule has 96 valence electrons. The van der Waals surface area contributed by atoms with Crippen LogP contribution < -0.4 is 0 Å². The SMILES string of the molecule is [B]C1([B])OC(c2ccccc2)=N[C@@]1([B])C(=O)OC(C)C. The molecule has 7 heteroatoms. The normalized spacial score (nSPS) is 24.1. The molecule has 0 spiro atoms. The van der Waals surface area contributed by atoms with Crippen molar-refractivity contribution in [2.45, 2.75) is 30.8 Å². The van der Waals surface area contributed by atoms with Gasteiger partial charge in [-0.1, -0.05) is 18.2 Å². The van der Waals surface area contributed by atoms with Gasteiger partial charge >= 0.3 is 5.97 Å². The second kappa shape index (κ2) is 5.04. The van der Waals surface area contributed by atoms with E-state index in [1.165, 1.54) is 0 Å². The number of esters is 1. The van der Waals surface area contributed by atoms with E-state index in [4.69, 9.17) is 33.0 Å². The molecule has 0 saturated heterocycles. The Morgan fingerprint density at radius 1 is 1.25 bits per heavy atom. The predicted octanol–water partition coefficient (Wildman–Crippen LogP) is 0.271. The summed E-state index contributed by atoms with van der Waals surface area (Å²) in [6, 6.07) is 8.90. The van der Waals surface area contributed by atoms with Crippen molar-refractivity contribution in [2.24, 2.45) is 4.99 Å². The number of hydrogen-bond acceptors (Lipinski definition) is 4. The average molecular weight is 263 g/mol. The maximum atomic E-state index is 12.1. The Labute approximate surface area is 122 Å². The smallest absolute Gasteiger partial charge is 0.327 e. The van der Waals surface area contributed by atoms with Gasteiger partial charge in [0.05, 0.1) is 11.5 Å². The third-order valence-corrected chi connectivity index (χ3v) is 2.81. The fourth-order valence-electron chi connectivity index (χ4n) is 1.72. The second-order valence-corrected chi connectivity index (χ2v) is 4.90. The predicted molar refractivity (Wildman–Crippen MR) is 78.0 cm³/mol. The van der Waals surface area contributed by atoms with E-state index in [1.54, 1.807) is 38.1 Å². The summed E-state index contributed by atoms with van der Waals surface area (Å²) in [5.41, 5.74) is -1.36. The van der Waals surface area contributed by atoms with Gasteiger partial charge in [0.15, 0.2) is 0 Å². The number of carbonyl (C=O) groups is 1. The third-order valence-electron chi connectivity index (χ3n) is 2.81. The van der Waals surface area contributed by atoms with Crippen molar-refractivity contribution in [3.63, 3.8) is 0 Å². The summed E-state index contributed by atoms with van der Waals surface area (Å²) in [7, 11) is 17.5. The molecule has 4 nitrogen and oxygen atoms in total. The van der Waals surface area contributed by atoms with E-state index in [-0.39, 0.29) is 12.0 Å². The number of hydrogen-bond donors (Lipinski definition) is 0. The van der Waals surface area contributed by atoms with Crippen molar-refractivity contribution < 1.29 is 14.3 Å². The summed E-state index contributed by atoms with van der Waals surface area (Å²) in [5, 5.41) is -1.97. The molecule has 0 aromatic heterocycles. The van der Waals surface area contributed by atoms with Crippen LogP contribution in [-0.4, -0.2) is 52.3 Å². The highest BCUT2D eigenvalue weighted by molar-refractivity contribution is 6.50. The molecule has 0 unspecified atom stereocenters. The minimum atomic E-state index is -1.98. The van der Waals surface area contributed by atoms with E-state index in [0.717, 1.165) is 0 Å². The molecular formula is C13H12B3NO3. The van der Waals surface area contributed by atoms with Gasteiger partial charge < -0.3 is 9.47 Å². The summed E-state index contributed by atoms with van der Waals surface area (Å²) in [4.78, 5) is 16.1. The number of nitrogens with zero attached hydrogens (tertiary/aromatic N) is 1. The molecule has 1 heterocycles. The van der Waals surface area contributed by atoms with Crippen LogP contribution in [0, 0.1) is 0 Å². The van der Waals surface area contributed by atoms with E-state index >= 15 is 0 Å². The molecule has 2 rings (SSSR count). The Hall–Kier alpha value is -1.65. The summed E-state index contributed by atoms with van der Waals surface area (Å²) < 4.78 is 10.4. The Morgan fingerprint density at radius 2 is 1.85 bits per heavy atom. The van der Waals surface area contributed by atoms with Gasteiger partial charge in [0.2, 0.25) is 5.90 Å². The van der Waals surface area contributed by atoms with Gasteiger partial charge in [0.1, 0.15) is 29.0 Å². The van der Waals surface area contributed by atoms with E-state index in [9.17, 15) is 4.79 Å². The third kappa shape index (κ3) is 2.49. The highest BCUT2D eigenvalue weighted by Crippen LogP contribution is 2.32. The maximum absolute atomic E-state index is 12.1. The zero-order valence-electron chi connectivity index (χ0n) is 11.4. The summed E-state index contributed by atoms with van der Waals surface area (Å²) in [5.74, 6) is -0.720.